The van der Waals surface area contributed by atoms with Crippen LogP contribution in [0.15, 0.2) is 60.7 Å². The van der Waals surface area contributed by atoms with Crippen LogP contribution in [0.25, 0.3) is 0 Å². The van der Waals surface area contributed by atoms with Crippen LogP contribution in [0.4, 0.5) is 11.4 Å². The number of nitrogens with zero attached hydrogens (tertiary/aromatic N) is 1. The molecule has 0 unspecified atom stereocenters. The van der Waals surface area contributed by atoms with Crippen molar-refractivity contribution in [1.82, 2.24) is 0 Å². The Balaban J connectivity index is 1.68. The standard InChI is InChI=1S/C23H23ClN2O4/c1-3-29-23-12-18(14-25-21-13-19(24)8-4-16(21)2)7-11-22(23)30-15-17-5-9-20(10-6-17)26(27)28/h4-13,25H,3,14-15H2,1-2H3. The Labute approximate surface area is 180 Å². The molecule has 1 N–H and O–H groups in total. The van der Waals surface area contributed by atoms with Crippen molar-refractivity contribution in [3.05, 3.63) is 92.5 Å². The van der Waals surface area contributed by atoms with Gasteiger partial charge in [-0.25, -0.2) is 0 Å². The zero-order valence-corrected chi connectivity index (χ0v) is 17.6. The van der Waals surface area contributed by atoms with Crippen LogP contribution in [-0.2, 0) is 13.2 Å². The number of nitro groups is 1. The van der Waals surface area contributed by atoms with E-state index in [4.69, 9.17) is 21.1 Å². The van der Waals surface area contributed by atoms with Crippen molar-refractivity contribution in [2.75, 3.05) is 11.9 Å². The average Bonchev–Trinajstić information content (AvgIpc) is 2.74. The van der Waals surface area contributed by atoms with E-state index in [1.807, 2.05) is 50.2 Å². The van der Waals surface area contributed by atoms with E-state index < -0.39 is 4.92 Å². The molecule has 0 atom stereocenters. The normalized spacial score (nSPS) is 10.5. The lowest BCUT2D eigenvalue weighted by Gasteiger charge is -2.15. The molecule has 0 saturated carbocycles. The summed E-state index contributed by atoms with van der Waals surface area (Å²) in [7, 11) is 0. The van der Waals surface area contributed by atoms with Crippen LogP contribution in [0.5, 0.6) is 11.5 Å². The molecule has 6 nitrogen and oxygen atoms in total. The van der Waals surface area contributed by atoms with Gasteiger partial charge in [-0.05, 0) is 66.9 Å². The smallest absolute Gasteiger partial charge is 0.269 e. The fraction of sp³-hybridized carbons (Fsp3) is 0.217. The summed E-state index contributed by atoms with van der Waals surface area (Å²) in [6.45, 7) is 5.36. The summed E-state index contributed by atoms with van der Waals surface area (Å²) >= 11 is 6.09. The van der Waals surface area contributed by atoms with Crippen LogP contribution in [0.3, 0.4) is 0 Å². The maximum absolute atomic E-state index is 10.8. The minimum Gasteiger partial charge on any atom is -0.490 e. The predicted molar refractivity (Wildman–Crippen MR) is 119 cm³/mol. The molecule has 0 aliphatic heterocycles. The lowest BCUT2D eigenvalue weighted by molar-refractivity contribution is -0.384. The highest BCUT2D eigenvalue weighted by Gasteiger charge is 2.09. The molecule has 0 aliphatic rings. The molecule has 0 radical (unpaired) electrons. The van der Waals surface area contributed by atoms with Crippen LogP contribution in [-0.4, -0.2) is 11.5 Å². The first-order valence-electron chi connectivity index (χ1n) is 9.58. The van der Waals surface area contributed by atoms with Crippen molar-refractivity contribution in [3.63, 3.8) is 0 Å². The summed E-state index contributed by atoms with van der Waals surface area (Å²) in [6, 6.07) is 17.8. The molecule has 0 fully saturated rings. The Morgan fingerprint density at radius 1 is 0.967 bits per heavy atom. The van der Waals surface area contributed by atoms with Gasteiger partial charge in [0.25, 0.3) is 5.69 Å². The van der Waals surface area contributed by atoms with E-state index in [1.54, 1.807) is 12.1 Å². The molecule has 0 bridgehead atoms. The van der Waals surface area contributed by atoms with E-state index in [2.05, 4.69) is 5.32 Å². The molecule has 3 rings (SSSR count). The minimum atomic E-state index is -0.421. The minimum absolute atomic E-state index is 0.0561. The quantitative estimate of drug-likeness (QED) is 0.328. The molecule has 156 valence electrons. The summed E-state index contributed by atoms with van der Waals surface area (Å²) in [4.78, 5) is 10.3. The molecule has 0 saturated heterocycles. The Hall–Kier alpha value is -3.25. The Bertz CT molecular complexity index is 1020. The van der Waals surface area contributed by atoms with Crippen LogP contribution in [0.2, 0.25) is 5.02 Å². The van der Waals surface area contributed by atoms with Crippen molar-refractivity contribution in [3.8, 4) is 11.5 Å². The highest BCUT2D eigenvalue weighted by Crippen LogP contribution is 2.30. The van der Waals surface area contributed by atoms with Crippen LogP contribution < -0.4 is 14.8 Å². The number of hydrogen-bond acceptors (Lipinski definition) is 5. The Morgan fingerprint density at radius 3 is 2.40 bits per heavy atom. The summed E-state index contributed by atoms with van der Waals surface area (Å²) in [5.74, 6) is 1.28. The third-order valence-electron chi connectivity index (χ3n) is 4.53. The van der Waals surface area contributed by atoms with Gasteiger partial charge in [-0.1, -0.05) is 23.7 Å². The first kappa shape index (κ1) is 21.5. The molecule has 0 spiro atoms. The number of halogens is 1. The molecular formula is C23H23ClN2O4. The van der Waals surface area contributed by atoms with Gasteiger partial charge in [0.05, 0.1) is 11.5 Å². The number of nitrogens with one attached hydrogen (secondary N) is 1. The highest BCUT2D eigenvalue weighted by atomic mass is 35.5. The Morgan fingerprint density at radius 2 is 1.70 bits per heavy atom. The van der Waals surface area contributed by atoms with Gasteiger partial charge in [0.2, 0.25) is 0 Å². The summed E-state index contributed by atoms with van der Waals surface area (Å²) < 4.78 is 11.6. The second-order valence-electron chi connectivity index (χ2n) is 6.74. The molecule has 0 aromatic heterocycles. The second-order valence-corrected chi connectivity index (χ2v) is 7.18. The molecule has 0 amide bonds. The van der Waals surface area contributed by atoms with E-state index in [-0.39, 0.29) is 12.3 Å². The lowest BCUT2D eigenvalue weighted by Crippen LogP contribution is -2.04. The monoisotopic (exact) mass is 426 g/mol. The largest absolute Gasteiger partial charge is 0.490 e. The van der Waals surface area contributed by atoms with Gasteiger partial charge in [-0.15, -0.1) is 0 Å². The van der Waals surface area contributed by atoms with E-state index >= 15 is 0 Å². The number of aryl methyl sites for hydroxylation is 1. The van der Waals surface area contributed by atoms with Crippen molar-refractivity contribution in [2.45, 2.75) is 27.0 Å². The summed E-state index contributed by atoms with van der Waals surface area (Å²) in [6.07, 6.45) is 0. The Kier molecular flexibility index (Phi) is 7.14. The molecule has 0 aliphatic carbocycles. The zero-order chi connectivity index (χ0) is 21.5. The van der Waals surface area contributed by atoms with E-state index in [9.17, 15) is 10.1 Å². The molecule has 7 heteroatoms. The fourth-order valence-corrected chi connectivity index (χ4v) is 3.08. The van der Waals surface area contributed by atoms with Crippen molar-refractivity contribution in [2.24, 2.45) is 0 Å². The number of benzene rings is 3. The van der Waals surface area contributed by atoms with Crippen LogP contribution >= 0.6 is 11.6 Å². The van der Waals surface area contributed by atoms with Gasteiger partial charge in [0, 0.05) is 29.4 Å². The first-order chi connectivity index (χ1) is 14.5. The highest BCUT2D eigenvalue weighted by molar-refractivity contribution is 6.30. The molecule has 0 heterocycles. The summed E-state index contributed by atoms with van der Waals surface area (Å²) in [5, 5.41) is 14.8. The van der Waals surface area contributed by atoms with Crippen LogP contribution in [0.1, 0.15) is 23.6 Å². The SMILES string of the molecule is CCOc1cc(CNc2cc(Cl)ccc2C)ccc1OCc1ccc([N+](=O)[O-])cc1. The van der Waals surface area contributed by atoms with Gasteiger partial charge in [-0.3, -0.25) is 10.1 Å². The molecule has 30 heavy (non-hydrogen) atoms. The maximum Gasteiger partial charge on any atom is 0.269 e. The number of non-ortho nitro benzene ring substituents is 1. The predicted octanol–water partition coefficient (Wildman–Crippen LogP) is 6.15. The van der Waals surface area contributed by atoms with Gasteiger partial charge in [0.15, 0.2) is 11.5 Å². The van der Waals surface area contributed by atoms with E-state index in [0.29, 0.717) is 29.7 Å². The molecular weight excluding hydrogens is 404 g/mol. The van der Waals surface area contributed by atoms with E-state index in [0.717, 1.165) is 22.4 Å². The number of nitro benzene ring substituents is 1. The molecule has 3 aromatic rings. The number of anilines is 1. The third-order valence-corrected chi connectivity index (χ3v) is 4.77. The van der Waals surface area contributed by atoms with Crippen LogP contribution in [0, 0.1) is 17.0 Å². The van der Waals surface area contributed by atoms with Gasteiger partial charge < -0.3 is 14.8 Å². The number of ether oxygens (including phenoxy) is 2. The summed E-state index contributed by atoms with van der Waals surface area (Å²) in [5.41, 5.74) is 4.04. The van der Waals surface area contributed by atoms with Gasteiger partial charge in [-0.2, -0.15) is 0 Å². The fourth-order valence-electron chi connectivity index (χ4n) is 2.91. The van der Waals surface area contributed by atoms with E-state index in [1.165, 1.54) is 12.1 Å². The number of hydrogen-bond donors (Lipinski definition) is 1. The lowest BCUT2D eigenvalue weighted by atomic mass is 10.1. The number of rotatable bonds is 9. The van der Waals surface area contributed by atoms with Gasteiger partial charge in [0.1, 0.15) is 6.61 Å². The zero-order valence-electron chi connectivity index (χ0n) is 16.9. The maximum atomic E-state index is 10.8. The van der Waals surface area contributed by atoms with Crippen molar-refractivity contribution < 1.29 is 14.4 Å². The average molecular weight is 427 g/mol. The second kappa shape index (κ2) is 9.98. The van der Waals surface area contributed by atoms with Crippen molar-refractivity contribution in [1.29, 1.82) is 0 Å². The third kappa shape index (κ3) is 5.64. The van der Waals surface area contributed by atoms with Gasteiger partial charge >= 0.3 is 0 Å². The first-order valence-corrected chi connectivity index (χ1v) is 9.96. The topological polar surface area (TPSA) is 73.6 Å². The van der Waals surface area contributed by atoms with Crippen molar-refractivity contribution >= 4 is 23.0 Å². The molecule has 3 aromatic carbocycles.